The molecular formula is C29H33N5O3. The summed E-state index contributed by atoms with van der Waals surface area (Å²) in [7, 11) is 0. The van der Waals surface area contributed by atoms with Crippen LogP contribution in [0, 0.1) is 18.3 Å². The second-order valence-electron chi connectivity index (χ2n) is 10.0. The van der Waals surface area contributed by atoms with Gasteiger partial charge in [-0.05, 0) is 29.9 Å². The molecule has 2 heterocycles. The van der Waals surface area contributed by atoms with Crippen molar-refractivity contribution in [2.24, 2.45) is 5.92 Å². The van der Waals surface area contributed by atoms with Gasteiger partial charge >= 0.3 is 6.03 Å². The summed E-state index contributed by atoms with van der Waals surface area (Å²) in [6.07, 6.45) is 9.52. The van der Waals surface area contributed by atoms with Crippen molar-refractivity contribution >= 4 is 17.8 Å². The number of hydrogen-bond donors (Lipinski definition) is 1. The molecule has 1 N–H and O–H groups in total. The van der Waals surface area contributed by atoms with Crippen LogP contribution in [0.1, 0.15) is 42.9 Å². The largest absolute Gasteiger partial charge is 0.336 e. The Morgan fingerprint density at radius 2 is 1.68 bits per heavy atom. The van der Waals surface area contributed by atoms with Crippen LogP contribution in [-0.2, 0) is 16.1 Å². The Morgan fingerprint density at radius 1 is 1.00 bits per heavy atom. The molecule has 0 bridgehead atoms. The zero-order valence-electron chi connectivity index (χ0n) is 21.0. The fourth-order valence-corrected chi connectivity index (χ4v) is 5.81. The van der Waals surface area contributed by atoms with Gasteiger partial charge in [-0.2, -0.15) is 5.01 Å². The average molecular weight is 500 g/mol. The lowest BCUT2D eigenvalue weighted by Gasteiger charge is -2.55. The third kappa shape index (κ3) is 5.18. The van der Waals surface area contributed by atoms with Gasteiger partial charge in [-0.15, -0.1) is 6.42 Å². The number of amides is 4. The van der Waals surface area contributed by atoms with Crippen LogP contribution in [-0.4, -0.2) is 70.0 Å². The highest BCUT2D eigenvalue weighted by atomic mass is 16.2. The molecular weight excluding hydrogens is 466 g/mol. The quantitative estimate of drug-likeness (QED) is 0.620. The Labute approximate surface area is 218 Å². The summed E-state index contributed by atoms with van der Waals surface area (Å²) in [5, 5.41) is 6.18. The smallest absolute Gasteiger partial charge is 0.334 e. The molecule has 2 saturated heterocycles. The first-order valence-corrected chi connectivity index (χ1v) is 13.0. The van der Waals surface area contributed by atoms with E-state index in [0.717, 1.165) is 24.0 Å². The van der Waals surface area contributed by atoms with Gasteiger partial charge in [0.2, 0.25) is 11.8 Å². The summed E-state index contributed by atoms with van der Waals surface area (Å²) >= 11 is 0. The van der Waals surface area contributed by atoms with Crippen molar-refractivity contribution in [2.75, 3.05) is 26.2 Å². The van der Waals surface area contributed by atoms with E-state index in [1.165, 1.54) is 12.8 Å². The van der Waals surface area contributed by atoms with Crippen molar-refractivity contribution in [3.05, 3.63) is 71.8 Å². The van der Waals surface area contributed by atoms with Crippen LogP contribution in [0.5, 0.6) is 0 Å². The van der Waals surface area contributed by atoms with E-state index < -0.39 is 12.2 Å². The minimum Gasteiger partial charge on any atom is -0.336 e. The van der Waals surface area contributed by atoms with Crippen molar-refractivity contribution in [1.29, 1.82) is 0 Å². The molecule has 8 heteroatoms. The highest BCUT2D eigenvalue weighted by molar-refractivity contribution is 5.92. The molecule has 2 aromatic rings. The molecule has 1 saturated carbocycles. The molecule has 1 aliphatic carbocycles. The highest BCUT2D eigenvalue weighted by Gasteiger charge is 2.52. The number of terminal acetylenes is 1. The second kappa shape index (κ2) is 11.1. The Balaban J connectivity index is 1.48. The van der Waals surface area contributed by atoms with Gasteiger partial charge in [0.05, 0.1) is 19.6 Å². The van der Waals surface area contributed by atoms with Gasteiger partial charge in [-0.1, -0.05) is 79.4 Å². The maximum absolute atomic E-state index is 13.9. The molecule has 2 aromatic carbocycles. The lowest BCUT2D eigenvalue weighted by molar-refractivity contribution is -0.190. The first-order valence-electron chi connectivity index (χ1n) is 13.0. The van der Waals surface area contributed by atoms with Gasteiger partial charge in [-0.25, -0.2) is 9.80 Å². The molecule has 4 amide bonds. The van der Waals surface area contributed by atoms with Crippen molar-refractivity contribution in [3.63, 3.8) is 0 Å². The molecule has 5 rings (SSSR count). The van der Waals surface area contributed by atoms with Crippen molar-refractivity contribution in [1.82, 2.24) is 25.1 Å². The fraction of sp³-hybridized carbons (Fsp3) is 0.414. The standard InChI is InChI=1S/C29H33N5O3/c1-2-17-32-21-26(35)33-25(34(32)29(37)30-18-22-11-5-3-6-12-22)20-31(19-23-13-9-10-14-23)28(36)27(33)24-15-7-4-8-16-24/h1,3-8,11-12,15-16,23,25,27H,9-10,13-14,17-21H2,(H,30,37)/t25-,27-/m0/s1. The van der Waals surface area contributed by atoms with Gasteiger partial charge in [-0.3, -0.25) is 9.59 Å². The maximum Gasteiger partial charge on any atom is 0.334 e. The Morgan fingerprint density at radius 3 is 2.35 bits per heavy atom. The van der Waals surface area contributed by atoms with E-state index in [4.69, 9.17) is 6.42 Å². The van der Waals surface area contributed by atoms with Crippen LogP contribution in [0.4, 0.5) is 4.79 Å². The number of urea groups is 1. The first kappa shape index (κ1) is 24.8. The number of benzene rings is 2. The van der Waals surface area contributed by atoms with Crippen LogP contribution in [0.2, 0.25) is 0 Å². The van der Waals surface area contributed by atoms with Gasteiger partial charge < -0.3 is 15.1 Å². The lowest BCUT2D eigenvalue weighted by Crippen LogP contribution is -2.74. The Hall–Kier alpha value is -3.83. The summed E-state index contributed by atoms with van der Waals surface area (Å²) in [5.74, 6) is 2.73. The number of piperazine rings is 1. The van der Waals surface area contributed by atoms with Crippen LogP contribution in [0.25, 0.3) is 0 Å². The van der Waals surface area contributed by atoms with Crippen LogP contribution in [0.15, 0.2) is 60.7 Å². The molecule has 37 heavy (non-hydrogen) atoms. The molecule has 192 valence electrons. The summed E-state index contributed by atoms with van der Waals surface area (Å²) in [6.45, 7) is 1.27. The molecule has 3 fully saturated rings. The molecule has 0 spiro atoms. The van der Waals surface area contributed by atoms with E-state index in [2.05, 4.69) is 11.2 Å². The highest BCUT2D eigenvalue weighted by Crippen LogP contribution is 2.36. The zero-order valence-corrected chi connectivity index (χ0v) is 21.0. The minimum absolute atomic E-state index is 0.0707. The van der Waals surface area contributed by atoms with Gasteiger partial charge in [0, 0.05) is 13.1 Å². The number of rotatable bonds is 6. The summed E-state index contributed by atoms with van der Waals surface area (Å²) < 4.78 is 0. The minimum atomic E-state index is -0.786. The first-order chi connectivity index (χ1) is 18.1. The van der Waals surface area contributed by atoms with E-state index in [9.17, 15) is 14.4 Å². The zero-order chi connectivity index (χ0) is 25.8. The van der Waals surface area contributed by atoms with Crippen molar-refractivity contribution < 1.29 is 14.4 Å². The average Bonchev–Trinajstić information content (AvgIpc) is 3.43. The SMILES string of the molecule is C#CCN1CC(=O)N2[C@@H](c3ccccc3)C(=O)N(CC3CCCC3)C[C@@H]2N1C(=O)NCc1ccccc1. The molecule has 0 unspecified atom stereocenters. The van der Waals surface area contributed by atoms with Crippen LogP contribution >= 0.6 is 0 Å². The van der Waals surface area contributed by atoms with Crippen LogP contribution < -0.4 is 5.32 Å². The predicted molar refractivity (Wildman–Crippen MR) is 139 cm³/mol. The Bertz CT molecular complexity index is 1160. The molecule has 2 aliphatic heterocycles. The third-order valence-corrected chi connectivity index (χ3v) is 7.56. The topological polar surface area (TPSA) is 76.2 Å². The summed E-state index contributed by atoms with van der Waals surface area (Å²) in [5.41, 5.74) is 1.71. The van der Waals surface area contributed by atoms with E-state index >= 15 is 0 Å². The summed E-state index contributed by atoms with van der Waals surface area (Å²) in [6, 6.07) is 17.9. The monoisotopic (exact) mass is 499 g/mol. The second-order valence-corrected chi connectivity index (χ2v) is 10.0. The summed E-state index contributed by atoms with van der Waals surface area (Å²) in [4.78, 5) is 44.5. The molecule has 3 aliphatic rings. The van der Waals surface area contributed by atoms with E-state index in [1.807, 2.05) is 65.6 Å². The molecule has 8 nitrogen and oxygen atoms in total. The molecule has 0 radical (unpaired) electrons. The number of carbonyl (C=O) groups is 3. The number of carbonyl (C=O) groups excluding carboxylic acids is 3. The molecule has 0 aromatic heterocycles. The normalized spacial score (nSPS) is 22.6. The van der Waals surface area contributed by atoms with Crippen molar-refractivity contribution in [2.45, 2.75) is 44.4 Å². The fourth-order valence-electron chi connectivity index (χ4n) is 5.81. The van der Waals surface area contributed by atoms with Gasteiger partial charge in [0.1, 0.15) is 12.2 Å². The number of fused-ring (bicyclic) bond motifs is 1. The maximum atomic E-state index is 13.9. The number of nitrogens with one attached hydrogen (secondary N) is 1. The third-order valence-electron chi connectivity index (χ3n) is 7.56. The van der Waals surface area contributed by atoms with Crippen LogP contribution in [0.3, 0.4) is 0 Å². The van der Waals surface area contributed by atoms with E-state index in [0.29, 0.717) is 19.0 Å². The van der Waals surface area contributed by atoms with Crippen molar-refractivity contribution in [3.8, 4) is 12.3 Å². The van der Waals surface area contributed by atoms with Gasteiger partial charge in [0.25, 0.3) is 0 Å². The van der Waals surface area contributed by atoms with E-state index in [-0.39, 0.29) is 37.5 Å². The predicted octanol–water partition coefficient (Wildman–Crippen LogP) is 2.99. The Kier molecular flexibility index (Phi) is 7.42. The molecule has 2 atom stereocenters. The number of hydrazine groups is 1. The number of hydrogen-bond acceptors (Lipinski definition) is 4. The lowest BCUT2D eigenvalue weighted by atomic mass is 9.97. The van der Waals surface area contributed by atoms with E-state index in [1.54, 1.807) is 14.9 Å². The number of nitrogens with zero attached hydrogens (tertiary/aromatic N) is 4. The van der Waals surface area contributed by atoms with Gasteiger partial charge in [0.15, 0.2) is 0 Å².